The number of nitriles is 1. The smallest absolute Gasteiger partial charge is 0.252 e. The highest BCUT2D eigenvalue weighted by molar-refractivity contribution is 7.94. The van der Waals surface area contributed by atoms with Gasteiger partial charge in [-0.25, -0.2) is 0 Å². The number of likely N-dealkylation sites (tertiary alicyclic amines) is 1. The summed E-state index contributed by atoms with van der Waals surface area (Å²) < 4.78 is 12.7. The lowest BCUT2D eigenvalue weighted by Crippen LogP contribution is -2.42. The van der Waals surface area contributed by atoms with E-state index in [9.17, 15) is 13.5 Å². The molecule has 1 aliphatic heterocycles. The van der Waals surface area contributed by atoms with Crippen molar-refractivity contribution in [1.82, 2.24) is 15.2 Å². The van der Waals surface area contributed by atoms with Crippen molar-refractivity contribution in [2.45, 2.75) is 23.8 Å². The largest absolute Gasteiger partial charge is 0.343 e. The number of halogens is 1. The van der Waals surface area contributed by atoms with Crippen LogP contribution in [0.3, 0.4) is 0 Å². The second-order valence-electron chi connectivity index (χ2n) is 5.67. The Balaban J connectivity index is 1.72. The highest BCUT2D eigenvalue weighted by atomic mass is 32.2. The van der Waals surface area contributed by atoms with Crippen LogP contribution in [0, 0.1) is 11.3 Å². The topological polar surface area (TPSA) is 86.1 Å². The second kappa shape index (κ2) is 7.49. The number of hydrogen-bond acceptors (Lipinski definition) is 5. The summed E-state index contributed by atoms with van der Waals surface area (Å²) in [5.74, 6) is -0.680. The van der Waals surface area contributed by atoms with Gasteiger partial charge in [-0.05, 0) is 31.0 Å². The van der Waals surface area contributed by atoms with E-state index in [1.54, 1.807) is 24.3 Å². The van der Waals surface area contributed by atoms with Crippen molar-refractivity contribution in [1.29, 1.82) is 5.26 Å². The molecule has 2 aromatic rings. The van der Waals surface area contributed by atoms with Gasteiger partial charge in [0.15, 0.2) is 0 Å². The van der Waals surface area contributed by atoms with E-state index < -0.39 is 11.9 Å². The van der Waals surface area contributed by atoms with E-state index in [0.717, 1.165) is 6.42 Å². The zero-order valence-corrected chi connectivity index (χ0v) is 14.1. The van der Waals surface area contributed by atoms with E-state index in [0.29, 0.717) is 34.3 Å². The van der Waals surface area contributed by atoms with Gasteiger partial charge in [0.25, 0.3) is 5.91 Å². The third-order valence-electron chi connectivity index (χ3n) is 4.17. The van der Waals surface area contributed by atoms with Crippen molar-refractivity contribution in [3.63, 3.8) is 0 Å². The van der Waals surface area contributed by atoms with Gasteiger partial charge in [0.1, 0.15) is 6.04 Å². The lowest BCUT2D eigenvalue weighted by molar-refractivity contribution is -0.130. The maximum Gasteiger partial charge on any atom is 0.252 e. The number of benzene rings is 1. The Morgan fingerprint density at radius 3 is 3.04 bits per heavy atom. The fourth-order valence-electron chi connectivity index (χ4n) is 2.93. The van der Waals surface area contributed by atoms with Gasteiger partial charge in [-0.15, -0.1) is 0 Å². The van der Waals surface area contributed by atoms with Gasteiger partial charge in [0, 0.05) is 23.0 Å². The maximum absolute atomic E-state index is 12.7. The summed E-state index contributed by atoms with van der Waals surface area (Å²) in [7, 11) is 0. The molecule has 0 aliphatic carbocycles. The van der Waals surface area contributed by atoms with E-state index in [4.69, 9.17) is 5.26 Å². The van der Waals surface area contributed by atoms with E-state index in [1.807, 2.05) is 0 Å². The molecule has 1 aliphatic rings. The van der Waals surface area contributed by atoms with Crippen LogP contribution in [0.5, 0.6) is 0 Å². The molecule has 25 heavy (non-hydrogen) atoms. The minimum absolute atomic E-state index is 0.111. The minimum Gasteiger partial charge on any atom is -0.343 e. The number of hydrogen-bond donors (Lipinski definition) is 1. The molecule has 0 radical (unpaired) electrons. The highest BCUT2D eigenvalue weighted by Gasteiger charge is 2.28. The molecular formula is C17H15FN4O2S. The van der Waals surface area contributed by atoms with Crippen LogP contribution in [-0.2, 0) is 4.79 Å². The minimum atomic E-state index is -0.414. The maximum atomic E-state index is 12.7. The Hall–Kier alpha value is -2.66. The molecule has 1 N–H and O–H groups in total. The molecule has 2 heterocycles. The molecule has 6 nitrogen and oxygen atoms in total. The van der Waals surface area contributed by atoms with Crippen molar-refractivity contribution < 1.29 is 13.5 Å². The Labute approximate surface area is 148 Å². The van der Waals surface area contributed by atoms with Gasteiger partial charge in [0.05, 0.1) is 35.8 Å². The van der Waals surface area contributed by atoms with Gasteiger partial charge in [0.2, 0.25) is 5.91 Å². The first-order valence-electron chi connectivity index (χ1n) is 7.78. The van der Waals surface area contributed by atoms with Crippen molar-refractivity contribution in [2.24, 2.45) is 0 Å². The molecular weight excluding hydrogens is 343 g/mol. The van der Waals surface area contributed by atoms with Crippen LogP contribution in [0.1, 0.15) is 23.2 Å². The van der Waals surface area contributed by atoms with Gasteiger partial charge in [-0.1, -0.05) is 6.07 Å². The number of nitrogens with one attached hydrogen (secondary N) is 1. The Morgan fingerprint density at radius 2 is 2.28 bits per heavy atom. The average Bonchev–Trinajstić information content (AvgIpc) is 3.13. The summed E-state index contributed by atoms with van der Waals surface area (Å²) in [5, 5.41) is 12.2. The average molecular weight is 358 g/mol. The monoisotopic (exact) mass is 358 g/mol. The third-order valence-corrected chi connectivity index (χ3v) is 4.60. The van der Waals surface area contributed by atoms with Crippen molar-refractivity contribution >= 4 is 34.9 Å². The standard InChI is InChI=1S/C17H15FN4O2S/c18-25-12-3-4-13-14(5-6-20-15(13)8-12)17(24)21-10-16(23)22-7-1-2-11(22)9-19/h3-6,8,11H,1-2,7,10H2,(H,21,24). The lowest BCUT2D eigenvalue weighted by atomic mass is 10.1. The number of amides is 2. The SMILES string of the molecule is N#CC1CCCN1C(=O)CNC(=O)c1ccnc2cc(SF)ccc12. The first-order chi connectivity index (χ1) is 12.1. The van der Waals surface area contributed by atoms with E-state index in [1.165, 1.54) is 11.1 Å². The summed E-state index contributed by atoms with van der Waals surface area (Å²) >= 11 is 0.111. The predicted octanol–water partition coefficient (Wildman–Crippen LogP) is 2.46. The molecule has 1 fully saturated rings. The molecule has 1 aromatic heterocycles. The fraction of sp³-hybridized carbons (Fsp3) is 0.294. The number of pyridine rings is 1. The molecule has 3 rings (SSSR count). The van der Waals surface area contributed by atoms with Crippen LogP contribution in [0.4, 0.5) is 3.89 Å². The predicted molar refractivity (Wildman–Crippen MR) is 91.4 cm³/mol. The van der Waals surface area contributed by atoms with Crippen LogP contribution in [0.2, 0.25) is 0 Å². The first-order valence-corrected chi connectivity index (χ1v) is 8.50. The van der Waals surface area contributed by atoms with Crippen LogP contribution in [0.25, 0.3) is 10.9 Å². The van der Waals surface area contributed by atoms with E-state index in [-0.39, 0.29) is 24.6 Å². The van der Waals surface area contributed by atoms with Gasteiger partial charge >= 0.3 is 0 Å². The number of carbonyl (C=O) groups is 2. The van der Waals surface area contributed by atoms with Crippen LogP contribution >= 0.6 is 12.1 Å². The summed E-state index contributed by atoms with van der Waals surface area (Å²) in [6, 6.07) is 8.00. The van der Waals surface area contributed by atoms with Gasteiger partial charge < -0.3 is 10.2 Å². The number of fused-ring (bicyclic) bond motifs is 1. The molecule has 1 aromatic carbocycles. The Bertz CT molecular complexity index is 867. The van der Waals surface area contributed by atoms with E-state index in [2.05, 4.69) is 16.4 Å². The van der Waals surface area contributed by atoms with Crippen LogP contribution in [0.15, 0.2) is 35.4 Å². The third kappa shape index (κ3) is 3.56. The number of carbonyl (C=O) groups excluding carboxylic acids is 2. The molecule has 0 spiro atoms. The summed E-state index contributed by atoms with van der Waals surface area (Å²) in [4.78, 5) is 30.7. The number of rotatable bonds is 4. The lowest BCUT2D eigenvalue weighted by Gasteiger charge is -2.19. The first kappa shape index (κ1) is 17.2. The Morgan fingerprint density at radius 1 is 1.44 bits per heavy atom. The molecule has 0 bridgehead atoms. The van der Waals surface area contributed by atoms with Crippen LogP contribution < -0.4 is 5.32 Å². The Kier molecular flexibility index (Phi) is 5.14. The summed E-state index contributed by atoms with van der Waals surface area (Å²) in [5.41, 5.74) is 0.872. The van der Waals surface area contributed by atoms with E-state index >= 15 is 0 Å². The quantitative estimate of drug-likeness (QED) is 0.907. The molecule has 1 saturated heterocycles. The summed E-state index contributed by atoms with van der Waals surface area (Å²) in [6.07, 6.45) is 2.93. The molecule has 0 saturated carbocycles. The van der Waals surface area contributed by atoms with Crippen molar-refractivity contribution in [3.05, 3.63) is 36.0 Å². The molecule has 2 amide bonds. The van der Waals surface area contributed by atoms with Crippen molar-refractivity contribution in [2.75, 3.05) is 13.1 Å². The van der Waals surface area contributed by atoms with Gasteiger partial charge in [-0.2, -0.15) is 9.15 Å². The summed E-state index contributed by atoms with van der Waals surface area (Å²) in [6.45, 7) is 0.369. The normalized spacial score (nSPS) is 16.6. The fourth-order valence-corrected chi connectivity index (χ4v) is 3.20. The number of aromatic nitrogens is 1. The van der Waals surface area contributed by atoms with Crippen molar-refractivity contribution in [3.8, 4) is 6.07 Å². The van der Waals surface area contributed by atoms with Gasteiger partial charge in [-0.3, -0.25) is 14.6 Å². The molecule has 8 heteroatoms. The zero-order valence-electron chi connectivity index (χ0n) is 13.2. The van der Waals surface area contributed by atoms with Crippen LogP contribution in [-0.4, -0.2) is 40.8 Å². The molecule has 1 atom stereocenters. The molecule has 128 valence electrons. The second-order valence-corrected chi connectivity index (χ2v) is 6.30. The highest BCUT2D eigenvalue weighted by Crippen LogP contribution is 2.25. The number of nitrogens with zero attached hydrogens (tertiary/aromatic N) is 3. The zero-order chi connectivity index (χ0) is 17.8. The molecule has 1 unspecified atom stereocenters.